The van der Waals surface area contributed by atoms with Crippen molar-refractivity contribution in [1.82, 2.24) is 4.72 Å². The molecule has 2 amide bonds. The number of anilines is 1. The summed E-state index contributed by atoms with van der Waals surface area (Å²) in [6.45, 7) is 1.57. The monoisotopic (exact) mass is 392 g/mol. The number of aryl methyl sites for hydroxylation is 1. The Morgan fingerprint density at radius 1 is 1.19 bits per heavy atom. The zero-order valence-electron chi connectivity index (χ0n) is 13.8. The molecule has 2 aromatic carbocycles. The van der Waals surface area contributed by atoms with Gasteiger partial charge in [-0.05, 0) is 31.2 Å². The van der Waals surface area contributed by atoms with Crippen molar-refractivity contribution >= 4 is 39.5 Å². The minimum absolute atomic E-state index is 0.0428. The molecular weight excluding hydrogens is 376 g/mol. The van der Waals surface area contributed by atoms with Crippen LogP contribution in [0.25, 0.3) is 0 Å². The molecule has 26 heavy (non-hydrogen) atoms. The van der Waals surface area contributed by atoms with Gasteiger partial charge in [0.25, 0.3) is 10.0 Å². The van der Waals surface area contributed by atoms with Crippen molar-refractivity contribution in [3.63, 3.8) is 0 Å². The Hall–Kier alpha value is -2.52. The van der Waals surface area contributed by atoms with Gasteiger partial charge in [-0.3, -0.25) is 4.79 Å². The summed E-state index contributed by atoms with van der Waals surface area (Å²) in [5, 5.41) is 2.07. The zero-order chi connectivity index (χ0) is 18.7. The number of para-hydroxylation sites is 1. The zero-order valence-corrected chi connectivity index (χ0v) is 15.4. The maximum atomic E-state index is 12.1. The van der Waals surface area contributed by atoms with Crippen molar-refractivity contribution in [3.05, 3.63) is 54.1 Å². The van der Waals surface area contributed by atoms with E-state index in [2.05, 4.69) is 5.32 Å². The fraction of sp³-hybridized carbons (Fsp3) is 0.176. The summed E-state index contributed by atoms with van der Waals surface area (Å²) in [5.74, 6) is -0.303. The molecule has 1 aliphatic heterocycles. The third-order valence-electron chi connectivity index (χ3n) is 3.62. The maximum Gasteiger partial charge on any atom is 0.421 e. The van der Waals surface area contributed by atoms with E-state index in [-0.39, 0.29) is 17.4 Å². The fourth-order valence-corrected chi connectivity index (χ4v) is 4.17. The molecule has 0 spiro atoms. The second kappa shape index (κ2) is 7.38. The molecule has 2 aromatic rings. The Morgan fingerprint density at radius 3 is 2.62 bits per heavy atom. The van der Waals surface area contributed by atoms with Crippen LogP contribution in [0.3, 0.4) is 0 Å². The summed E-state index contributed by atoms with van der Waals surface area (Å²) in [4.78, 5) is 24.7. The Bertz CT molecular complexity index is 942. The third-order valence-corrected chi connectivity index (χ3v) is 6.19. The lowest BCUT2D eigenvalue weighted by molar-refractivity contribution is -0.116. The first kappa shape index (κ1) is 18.3. The van der Waals surface area contributed by atoms with Crippen LogP contribution in [0.1, 0.15) is 5.56 Å². The van der Waals surface area contributed by atoms with Crippen molar-refractivity contribution < 1.29 is 22.7 Å². The lowest BCUT2D eigenvalue weighted by atomic mass is 10.2. The average Bonchev–Trinajstić information content (AvgIpc) is 2.60. The van der Waals surface area contributed by atoms with Crippen LogP contribution in [-0.4, -0.2) is 32.3 Å². The SMILES string of the molecule is Cc1ccc(S(=O)(=O)NC(=O)OC[C@@H]2Sc3ccccc3NC2=O)cc1. The van der Waals surface area contributed by atoms with Crippen LogP contribution < -0.4 is 10.0 Å². The van der Waals surface area contributed by atoms with Crippen molar-refractivity contribution in [1.29, 1.82) is 0 Å². The number of hydrogen-bond donors (Lipinski definition) is 2. The van der Waals surface area contributed by atoms with Gasteiger partial charge in [0, 0.05) is 4.90 Å². The molecule has 1 aliphatic rings. The highest BCUT2D eigenvalue weighted by Gasteiger charge is 2.28. The second-order valence-electron chi connectivity index (χ2n) is 5.61. The van der Waals surface area contributed by atoms with Crippen LogP contribution in [0.15, 0.2) is 58.3 Å². The molecule has 0 aromatic heterocycles. The Labute approximate surface area is 155 Å². The minimum atomic E-state index is -4.02. The average molecular weight is 392 g/mol. The van der Waals surface area contributed by atoms with E-state index in [1.165, 1.54) is 23.9 Å². The van der Waals surface area contributed by atoms with E-state index in [0.717, 1.165) is 10.5 Å². The molecule has 2 N–H and O–H groups in total. The second-order valence-corrected chi connectivity index (χ2v) is 8.54. The van der Waals surface area contributed by atoms with Crippen LogP contribution in [0.5, 0.6) is 0 Å². The molecule has 0 fully saturated rings. The highest BCUT2D eigenvalue weighted by Crippen LogP contribution is 2.35. The van der Waals surface area contributed by atoms with Crippen LogP contribution in [-0.2, 0) is 19.6 Å². The van der Waals surface area contributed by atoms with Gasteiger partial charge in [0.2, 0.25) is 5.91 Å². The Balaban J connectivity index is 1.59. The molecule has 9 heteroatoms. The fourth-order valence-electron chi connectivity index (χ4n) is 2.27. The van der Waals surface area contributed by atoms with Crippen LogP contribution in [0.4, 0.5) is 10.5 Å². The van der Waals surface area contributed by atoms with E-state index in [1.54, 1.807) is 24.3 Å². The summed E-state index contributed by atoms with van der Waals surface area (Å²) in [7, 11) is -4.02. The number of carbonyl (C=O) groups is 2. The lowest BCUT2D eigenvalue weighted by Crippen LogP contribution is -2.37. The van der Waals surface area contributed by atoms with Gasteiger partial charge in [-0.2, -0.15) is 0 Å². The number of carbonyl (C=O) groups excluding carboxylic acids is 2. The predicted octanol–water partition coefficient (Wildman–Crippen LogP) is 2.52. The number of amides is 2. The summed E-state index contributed by atoms with van der Waals surface area (Å²) >= 11 is 1.26. The predicted molar refractivity (Wildman–Crippen MR) is 97.6 cm³/mol. The molecule has 7 nitrogen and oxygen atoms in total. The van der Waals surface area contributed by atoms with Gasteiger partial charge in [0.1, 0.15) is 11.9 Å². The summed E-state index contributed by atoms with van der Waals surface area (Å²) in [5.41, 5.74) is 1.59. The minimum Gasteiger partial charge on any atom is -0.447 e. The third kappa shape index (κ3) is 4.17. The highest BCUT2D eigenvalue weighted by atomic mass is 32.2. The molecule has 0 unspecified atom stereocenters. The van der Waals surface area contributed by atoms with Crippen molar-refractivity contribution in [2.24, 2.45) is 0 Å². The van der Waals surface area contributed by atoms with E-state index in [4.69, 9.17) is 4.74 Å². The van der Waals surface area contributed by atoms with Crippen LogP contribution in [0, 0.1) is 6.92 Å². The highest BCUT2D eigenvalue weighted by molar-refractivity contribution is 8.01. The molecular formula is C17H16N2O5S2. The van der Waals surface area contributed by atoms with Gasteiger partial charge in [-0.25, -0.2) is 17.9 Å². The number of thioether (sulfide) groups is 1. The molecule has 0 saturated carbocycles. The smallest absolute Gasteiger partial charge is 0.421 e. The van der Waals surface area contributed by atoms with Crippen LogP contribution in [0.2, 0.25) is 0 Å². The Kier molecular flexibility index (Phi) is 5.19. The van der Waals surface area contributed by atoms with E-state index < -0.39 is 21.4 Å². The van der Waals surface area contributed by atoms with Gasteiger partial charge >= 0.3 is 6.09 Å². The van der Waals surface area contributed by atoms with Gasteiger partial charge in [0.05, 0.1) is 10.6 Å². The number of nitrogens with one attached hydrogen (secondary N) is 2. The number of ether oxygens (including phenoxy) is 1. The number of hydrogen-bond acceptors (Lipinski definition) is 6. The quantitative estimate of drug-likeness (QED) is 0.829. The van der Waals surface area contributed by atoms with E-state index in [1.807, 2.05) is 23.8 Å². The molecule has 3 rings (SSSR count). The Morgan fingerprint density at radius 2 is 1.88 bits per heavy atom. The number of sulfonamides is 1. The summed E-state index contributed by atoms with van der Waals surface area (Å²) in [6, 6.07) is 13.3. The first-order valence-corrected chi connectivity index (χ1v) is 10.0. The number of benzene rings is 2. The van der Waals surface area contributed by atoms with Crippen LogP contribution >= 0.6 is 11.8 Å². The van der Waals surface area contributed by atoms with Gasteiger partial charge in [0.15, 0.2) is 0 Å². The van der Waals surface area contributed by atoms with E-state index >= 15 is 0 Å². The number of rotatable bonds is 4. The molecule has 0 saturated heterocycles. The normalized spacial score (nSPS) is 16.3. The van der Waals surface area contributed by atoms with Gasteiger partial charge < -0.3 is 10.1 Å². The first-order chi connectivity index (χ1) is 12.3. The summed E-state index contributed by atoms with van der Waals surface area (Å²) < 4.78 is 31.0. The molecule has 1 heterocycles. The molecule has 1 atom stereocenters. The lowest BCUT2D eigenvalue weighted by Gasteiger charge is -2.23. The number of fused-ring (bicyclic) bond motifs is 1. The molecule has 136 valence electrons. The standard InChI is InChI=1S/C17H16N2O5S2/c1-11-6-8-12(9-7-11)26(22,23)19-17(21)24-10-15-16(20)18-13-4-2-3-5-14(13)25-15/h2-9,15H,10H2,1H3,(H,18,20)(H,19,21)/t15-/m0/s1. The largest absolute Gasteiger partial charge is 0.447 e. The maximum absolute atomic E-state index is 12.1. The van der Waals surface area contributed by atoms with Crippen molar-refractivity contribution in [2.75, 3.05) is 11.9 Å². The van der Waals surface area contributed by atoms with Gasteiger partial charge in [-0.15, -0.1) is 11.8 Å². The van der Waals surface area contributed by atoms with Crippen molar-refractivity contribution in [3.8, 4) is 0 Å². The first-order valence-electron chi connectivity index (χ1n) is 7.68. The van der Waals surface area contributed by atoms with E-state index in [0.29, 0.717) is 5.69 Å². The molecule has 0 bridgehead atoms. The topological polar surface area (TPSA) is 102 Å². The summed E-state index contributed by atoms with van der Waals surface area (Å²) in [6.07, 6.45) is -1.13. The molecule has 0 aliphatic carbocycles. The van der Waals surface area contributed by atoms with E-state index in [9.17, 15) is 18.0 Å². The molecule has 0 radical (unpaired) electrons. The van der Waals surface area contributed by atoms with Crippen molar-refractivity contribution in [2.45, 2.75) is 22.0 Å². The van der Waals surface area contributed by atoms with Gasteiger partial charge in [-0.1, -0.05) is 29.8 Å².